The number of hydrogen-bond acceptors (Lipinski definition) is 5. The van der Waals surface area contributed by atoms with E-state index in [0.29, 0.717) is 5.92 Å². The highest BCUT2D eigenvalue weighted by Crippen LogP contribution is 2.18. The van der Waals surface area contributed by atoms with Gasteiger partial charge in [0.2, 0.25) is 0 Å². The van der Waals surface area contributed by atoms with Crippen LogP contribution < -0.4 is 17.2 Å². The minimum Gasteiger partial charge on any atom is -0.383 e. The molecule has 6 heteroatoms. The number of rotatable bonds is 4. The number of benzene rings is 1. The first-order chi connectivity index (χ1) is 11.2. The van der Waals surface area contributed by atoms with Crippen molar-refractivity contribution in [2.75, 3.05) is 25.4 Å². The van der Waals surface area contributed by atoms with Gasteiger partial charge in [-0.3, -0.25) is 9.47 Å². The first-order valence-corrected chi connectivity index (χ1v) is 8.02. The lowest BCUT2D eigenvalue weighted by atomic mass is 9.97. The maximum atomic E-state index is 11.9. The summed E-state index contributed by atoms with van der Waals surface area (Å²) in [5.74, 6) is 0.919. The van der Waals surface area contributed by atoms with Gasteiger partial charge in [-0.25, -0.2) is 4.79 Å². The summed E-state index contributed by atoms with van der Waals surface area (Å²) in [6.07, 6.45) is 4.01. The van der Waals surface area contributed by atoms with Crippen molar-refractivity contribution in [1.29, 1.82) is 0 Å². The van der Waals surface area contributed by atoms with Crippen LogP contribution in [0.25, 0.3) is 5.69 Å². The van der Waals surface area contributed by atoms with Gasteiger partial charge in [-0.05, 0) is 62.2 Å². The van der Waals surface area contributed by atoms with E-state index >= 15 is 0 Å². The van der Waals surface area contributed by atoms with Gasteiger partial charge in [0, 0.05) is 12.7 Å². The van der Waals surface area contributed by atoms with E-state index in [-0.39, 0.29) is 11.5 Å². The van der Waals surface area contributed by atoms with E-state index < -0.39 is 0 Å². The Labute approximate surface area is 135 Å². The van der Waals surface area contributed by atoms with Gasteiger partial charge in [0.1, 0.15) is 5.82 Å². The zero-order valence-electron chi connectivity index (χ0n) is 13.2. The SMILES string of the molecule is NCC1CCN(Cc2ccc(-n3ccc(N)nc3=O)cc2)CC1. The van der Waals surface area contributed by atoms with Crippen molar-refractivity contribution in [1.82, 2.24) is 14.5 Å². The molecule has 6 nitrogen and oxygen atoms in total. The number of hydrogen-bond donors (Lipinski definition) is 2. The number of likely N-dealkylation sites (tertiary alicyclic amines) is 1. The molecule has 1 fully saturated rings. The van der Waals surface area contributed by atoms with Crippen LogP contribution >= 0.6 is 0 Å². The molecule has 0 radical (unpaired) electrons. The van der Waals surface area contributed by atoms with Crippen molar-refractivity contribution >= 4 is 5.82 Å². The Bertz CT molecular complexity index is 702. The number of aromatic nitrogens is 2. The summed E-state index contributed by atoms with van der Waals surface area (Å²) in [7, 11) is 0. The molecule has 2 aromatic rings. The minimum absolute atomic E-state index is 0.240. The summed E-state index contributed by atoms with van der Waals surface area (Å²) in [5, 5.41) is 0. The van der Waals surface area contributed by atoms with Crippen LogP contribution in [0.3, 0.4) is 0 Å². The average molecular weight is 313 g/mol. The second-order valence-corrected chi connectivity index (χ2v) is 6.13. The molecule has 2 heterocycles. The Morgan fingerprint density at radius 1 is 1.13 bits per heavy atom. The van der Waals surface area contributed by atoms with Crippen molar-refractivity contribution in [2.45, 2.75) is 19.4 Å². The van der Waals surface area contributed by atoms with Crippen LogP contribution in [0.1, 0.15) is 18.4 Å². The molecule has 1 aromatic carbocycles. The molecular formula is C17H23N5O. The Morgan fingerprint density at radius 2 is 1.83 bits per heavy atom. The van der Waals surface area contributed by atoms with E-state index in [1.165, 1.54) is 23.0 Å². The molecule has 1 aliphatic heterocycles. The van der Waals surface area contributed by atoms with Crippen molar-refractivity contribution < 1.29 is 0 Å². The van der Waals surface area contributed by atoms with E-state index in [1.807, 2.05) is 12.1 Å². The Balaban J connectivity index is 1.67. The van der Waals surface area contributed by atoms with Gasteiger partial charge in [0.15, 0.2) is 0 Å². The van der Waals surface area contributed by atoms with Crippen molar-refractivity contribution in [3.63, 3.8) is 0 Å². The lowest BCUT2D eigenvalue weighted by Gasteiger charge is -2.31. The lowest BCUT2D eigenvalue weighted by molar-refractivity contribution is 0.180. The molecule has 0 atom stereocenters. The first-order valence-electron chi connectivity index (χ1n) is 8.02. The smallest absolute Gasteiger partial charge is 0.354 e. The average Bonchev–Trinajstić information content (AvgIpc) is 2.57. The van der Waals surface area contributed by atoms with E-state index in [1.54, 1.807) is 12.3 Å². The number of piperidine rings is 1. The zero-order valence-corrected chi connectivity index (χ0v) is 13.2. The molecule has 122 valence electrons. The fraction of sp³-hybridized carbons (Fsp3) is 0.412. The second-order valence-electron chi connectivity index (χ2n) is 6.13. The molecule has 0 saturated carbocycles. The standard InChI is InChI=1S/C17H23N5O/c18-11-13-5-8-21(9-6-13)12-14-1-3-15(4-2-14)22-10-7-16(19)20-17(22)23/h1-4,7,10,13H,5-6,8-9,11-12,18H2,(H2,19,20,23). The fourth-order valence-corrected chi connectivity index (χ4v) is 3.01. The predicted octanol–water partition coefficient (Wildman–Crippen LogP) is 0.985. The van der Waals surface area contributed by atoms with Gasteiger partial charge in [-0.15, -0.1) is 0 Å². The number of nitrogens with zero attached hydrogens (tertiary/aromatic N) is 3. The second kappa shape index (κ2) is 6.93. The summed E-state index contributed by atoms with van der Waals surface area (Å²) < 4.78 is 1.49. The third-order valence-corrected chi connectivity index (χ3v) is 4.49. The van der Waals surface area contributed by atoms with Crippen LogP contribution in [-0.4, -0.2) is 34.1 Å². The summed E-state index contributed by atoms with van der Waals surface area (Å²) in [5.41, 5.74) is 12.9. The van der Waals surface area contributed by atoms with Gasteiger partial charge in [-0.1, -0.05) is 12.1 Å². The highest BCUT2D eigenvalue weighted by Gasteiger charge is 2.17. The van der Waals surface area contributed by atoms with E-state index in [0.717, 1.165) is 31.9 Å². The Morgan fingerprint density at radius 3 is 2.43 bits per heavy atom. The van der Waals surface area contributed by atoms with E-state index in [4.69, 9.17) is 11.5 Å². The van der Waals surface area contributed by atoms with Crippen molar-refractivity contribution in [2.24, 2.45) is 11.7 Å². The first kappa shape index (κ1) is 15.7. The van der Waals surface area contributed by atoms with E-state index in [9.17, 15) is 4.79 Å². The van der Waals surface area contributed by atoms with Crippen LogP contribution in [-0.2, 0) is 6.54 Å². The molecule has 1 aromatic heterocycles. The highest BCUT2D eigenvalue weighted by molar-refractivity contribution is 5.36. The van der Waals surface area contributed by atoms with Gasteiger partial charge in [-0.2, -0.15) is 4.98 Å². The Kier molecular flexibility index (Phi) is 4.73. The van der Waals surface area contributed by atoms with Crippen LogP contribution in [0.2, 0.25) is 0 Å². The Hall–Kier alpha value is -2.18. The molecule has 0 spiro atoms. The maximum Gasteiger partial charge on any atom is 0.354 e. The molecule has 0 amide bonds. The number of nitrogens with two attached hydrogens (primary N) is 2. The summed E-state index contributed by atoms with van der Waals surface area (Å²) in [6, 6.07) is 9.64. The molecule has 1 aliphatic rings. The van der Waals surface area contributed by atoms with Gasteiger partial charge in [0.05, 0.1) is 5.69 Å². The molecule has 0 unspecified atom stereocenters. The molecule has 0 bridgehead atoms. The third-order valence-electron chi connectivity index (χ3n) is 4.49. The lowest BCUT2D eigenvalue weighted by Crippen LogP contribution is -2.35. The van der Waals surface area contributed by atoms with Crippen LogP contribution in [0.5, 0.6) is 0 Å². The van der Waals surface area contributed by atoms with E-state index in [2.05, 4.69) is 22.0 Å². The molecule has 0 aliphatic carbocycles. The van der Waals surface area contributed by atoms with Crippen LogP contribution in [0.4, 0.5) is 5.82 Å². The largest absolute Gasteiger partial charge is 0.383 e. The maximum absolute atomic E-state index is 11.9. The zero-order chi connectivity index (χ0) is 16.2. The highest BCUT2D eigenvalue weighted by atomic mass is 16.1. The van der Waals surface area contributed by atoms with Crippen molar-refractivity contribution in [3.8, 4) is 5.69 Å². The third kappa shape index (κ3) is 3.78. The molecule has 1 saturated heterocycles. The summed E-state index contributed by atoms with van der Waals surface area (Å²) in [4.78, 5) is 18.1. The van der Waals surface area contributed by atoms with Gasteiger partial charge < -0.3 is 11.5 Å². The fourth-order valence-electron chi connectivity index (χ4n) is 3.01. The van der Waals surface area contributed by atoms with Crippen LogP contribution in [0.15, 0.2) is 41.3 Å². The number of nitrogen functional groups attached to an aromatic ring is 1. The molecule has 3 rings (SSSR count). The van der Waals surface area contributed by atoms with Gasteiger partial charge >= 0.3 is 5.69 Å². The minimum atomic E-state index is -0.360. The summed E-state index contributed by atoms with van der Waals surface area (Å²) >= 11 is 0. The van der Waals surface area contributed by atoms with Crippen LogP contribution in [0, 0.1) is 5.92 Å². The topological polar surface area (TPSA) is 90.2 Å². The normalized spacial score (nSPS) is 16.6. The summed E-state index contributed by atoms with van der Waals surface area (Å²) in [6.45, 7) is 3.94. The quantitative estimate of drug-likeness (QED) is 0.878. The van der Waals surface area contributed by atoms with Gasteiger partial charge in [0.25, 0.3) is 0 Å². The molecular weight excluding hydrogens is 290 g/mol. The van der Waals surface area contributed by atoms with Crippen molar-refractivity contribution in [3.05, 3.63) is 52.6 Å². The molecule has 23 heavy (non-hydrogen) atoms. The monoisotopic (exact) mass is 313 g/mol. The molecule has 4 N–H and O–H groups in total. The number of anilines is 1. The predicted molar refractivity (Wildman–Crippen MR) is 91.3 cm³/mol.